The highest BCUT2D eigenvalue weighted by Crippen LogP contribution is 2.34. The molecule has 108 heavy (non-hydrogen) atoms. The summed E-state index contributed by atoms with van der Waals surface area (Å²) in [5, 5.41) is 121. The Kier molecular flexibility index (Phi) is 64.3. The van der Waals surface area contributed by atoms with Gasteiger partial charge in [-0.2, -0.15) is 0 Å². The molecule has 0 aliphatic carbocycles. The topological polar surface area (TPSA) is 307 Å². The fraction of sp³-hybridized carbons (Fsp3) is 0.921. The third-order valence-electron chi connectivity index (χ3n) is 22.7. The van der Waals surface area contributed by atoms with Crippen LogP contribution in [0.5, 0.6) is 0 Å². The molecule has 3 aliphatic heterocycles. The van der Waals surface area contributed by atoms with E-state index in [0.717, 1.165) is 44.9 Å². The molecule has 1 amide bonds. The van der Waals surface area contributed by atoms with E-state index in [2.05, 4.69) is 43.5 Å². The van der Waals surface area contributed by atoms with Crippen LogP contribution in [0.1, 0.15) is 393 Å². The fourth-order valence-electron chi connectivity index (χ4n) is 15.5. The maximum absolute atomic E-state index is 13.5. The number of allylic oxidation sites excluding steroid dienone is 5. The van der Waals surface area contributed by atoms with Crippen molar-refractivity contribution in [2.45, 2.75) is 497 Å². The molecule has 0 spiro atoms. The van der Waals surface area contributed by atoms with Gasteiger partial charge in [0, 0.05) is 6.42 Å². The molecule has 17 unspecified atom stereocenters. The van der Waals surface area contributed by atoms with E-state index in [1.54, 1.807) is 6.08 Å². The standard InChI is InChI=1S/C89H167NO18/c1-3-5-7-9-11-13-15-17-19-21-23-25-27-29-31-33-35-37-38-40-42-44-46-48-50-52-54-56-58-60-62-64-66-73(94)72(90-77(95)67-65-63-61-59-57-55-53-51-49-47-45-43-41-39-36-34-32-30-28-26-24-22-20-18-16-14-12-10-8-6-4-2)71-103-87-83(101)80(98)85(75(69-92)105-87)108-89-84(102)81(99)86(76(70-93)106-89)107-88-82(100)79(97)78(96)74(68-91)104-88/h48,50,56,58,64,66,72-76,78-89,91-94,96-102H,3-47,49,51-55,57,59-63,65,67-71H2,1-2H3,(H,90,95)/b50-48+,58-56+,66-64+. The van der Waals surface area contributed by atoms with E-state index in [-0.39, 0.29) is 18.9 Å². The first kappa shape index (κ1) is 100. The van der Waals surface area contributed by atoms with Crippen LogP contribution in [-0.4, -0.2) is 193 Å². The van der Waals surface area contributed by atoms with Crippen molar-refractivity contribution in [1.29, 1.82) is 0 Å². The van der Waals surface area contributed by atoms with E-state index in [1.165, 1.54) is 315 Å². The van der Waals surface area contributed by atoms with Gasteiger partial charge in [-0.05, 0) is 44.9 Å². The minimum absolute atomic E-state index is 0.237. The molecule has 3 rings (SSSR count). The number of unbranched alkanes of at least 4 members (excludes halogenated alkanes) is 54. The number of aliphatic hydroxyl groups is 11. The fourth-order valence-corrected chi connectivity index (χ4v) is 15.5. The van der Waals surface area contributed by atoms with Gasteiger partial charge < -0.3 is 89.9 Å². The molecular formula is C89H167NO18. The second-order valence-electron chi connectivity index (χ2n) is 32.4. The molecule has 17 atom stereocenters. The van der Waals surface area contributed by atoms with Gasteiger partial charge in [0.1, 0.15) is 73.2 Å². The highest BCUT2D eigenvalue weighted by Gasteiger charge is 2.54. The van der Waals surface area contributed by atoms with Gasteiger partial charge in [0.25, 0.3) is 0 Å². The summed E-state index contributed by atoms with van der Waals surface area (Å²) >= 11 is 0. The Morgan fingerprint density at radius 3 is 0.926 bits per heavy atom. The van der Waals surface area contributed by atoms with Gasteiger partial charge in [-0.1, -0.05) is 378 Å². The van der Waals surface area contributed by atoms with Gasteiger partial charge in [0.05, 0.1) is 38.6 Å². The second-order valence-corrected chi connectivity index (χ2v) is 32.4. The number of hydrogen-bond donors (Lipinski definition) is 12. The van der Waals surface area contributed by atoms with Crippen LogP contribution in [-0.2, 0) is 33.2 Å². The summed E-state index contributed by atoms with van der Waals surface area (Å²) in [7, 11) is 0. The number of carbonyl (C=O) groups is 1. The van der Waals surface area contributed by atoms with Crippen LogP contribution in [0.4, 0.5) is 0 Å². The van der Waals surface area contributed by atoms with Crippen molar-refractivity contribution in [3.05, 3.63) is 36.5 Å². The Labute approximate surface area is 657 Å². The summed E-state index contributed by atoms with van der Waals surface area (Å²) in [6.45, 7) is 1.78. The van der Waals surface area contributed by atoms with E-state index in [1.807, 2.05) is 6.08 Å². The number of hydrogen-bond acceptors (Lipinski definition) is 18. The molecule has 0 bridgehead atoms. The maximum atomic E-state index is 13.5. The first-order valence-electron chi connectivity index (χ1n) is 45.2. The van der Waals surface area contributed by atoms with Crippen LogP contribution >= 0.6 is 0 Å². The van der Waals surface area contributed by atoms with E-state index in [9.17, 15) is 61.0 Å². The number of carbonyl (C=O) groups excluding carboxylic acids is 1. The summed E-state index contributed by atoms with van der Waals surface area (Å²) in [5.41, 5.74) is 0. The number of amides is 1. The first-order valence-corrected chi connectivity index (χ1v) is 45.2. The normalized spacial score (nSPS) is 25.5. The Morgan fingerprint density at radius 1 is 0.324 bits per heavy atom. The van der Waals surface area contributed by atoms with Crippen molar-refractivity contribution in [3.63, 3.8) is 0 Å². The van der Waals surface area contributed by atoms with Gasteiger partial charge in [-0.3, -0.25) is 4.79 Å². The summed E-state index contributed by atoms with van der Waals surface area (Å²) < 4.78 is 34.5. The van der Waals surface area contributed by atoms with Crippen molar-refractivity contribution >= 4 is 5.91 Å². The second kappa shape index (κ2) is 69.3. The largest absolute Gasteiger partial charge is 0.394 e. The van der Waals surface area contributed by atoms with Crippen LogP contribution in [0.25, 0.3) is 0 Å². The van der Waals surface area contributed by atoms with Crippen LogP contribution in [0, 0.1) is 0 Å². The minimum atomic E-state index is -1.98. The smallest absolute Gasteiger partial charge is 0.220 e. The Balaban J connectivity index is 1.35. The summed E-state index contributed by atoms with van der Waals surface area (Å²) in [6.07, 6.45) is 61.7. The summed E-state index contributed by atoms with van der Waals surface area (Å²) in [4.78, 5) is 13.5. The molecule has 0 saturated carbocycles. The van der Waals surface area contributed by atoms with Gasteiger partial charge >= 0.3 is 0 Å². The van der Waals surface area contributed by atoms with Crippen molar-refractivity contribution in [1.82, 2.24) is 5.32 Å². The zero-order valence-electron chi connectivity index (χ0n) is 68.6. The third kappa shape index (κ3) is 47.8. The molecule has 0 radical (unpaired) electrons. The van der Waals surface area contributed by atoms with Crippen LogP contribution < -0.4 is 5.32 Å². The average molecular weight is 1540 g/mol. The molecule has 19 nitrogen and oxygen atoms in total. The lowest BCUT2D eigenvalue weighted by Crippen LogP contribution is -2.66. The zero-order valence-corrected chi connectivity index (χ0v) is 68.6. The number of rotatable bonds is 74. The quantitative estimate of drug-likeness (QED) is 0.0199. The highest BCUT2D eigenvalue weighted by molar-refractivity contribution is 5.76. The van der Waals surface area contributed by atoms with Crippen LogP contribution in [0.15, 0.2) is 36.5 Å². The molecule has 3 heterocycles. The number of ether oxygens (including phenoxy) is 6. The van der Waals surface area contributed by atoms with Crippen molar-refractivity contribution in [2.75, 3.05) is 26.4 Å². The number of aliphatic hydroxyl groups excluding tert-OH is 11. The third-order valence-corrected chi connectivity index (χ3v) is 22.7. The summed E-state index contributed by atoms with van der Waals surface area (Å²) in [5.74, 6) is -0.281. The predicted octanol–water partition coefficient (Wildman–Crippen LogP) is 17.0. The van der Waals surface area contributed by atoms with E-state index in [4.69, 9.17) is 28.4 Å². The molecule has 636 valence electrons. The van der Waals surface area contributed by atoms with E-state index < -0.39 is 124 Å². The van der Waals surface area contributed by atoms with Crippen molar-refractivity contribution < 1.29 is 89.4 Å². The summed E-state index contributed by atoms with van der Waals surface area (Å²) in [6, 6.07) is -0.997. The molecule has 0 aromatic rings. The van der Waals surface area contributed by atoms with Gasteiger partial charge in [0.2, 0.25) is 5.91 Å². The van der Waals surface area contributed by atoms with Crippen molar-refractivity contribution in [2.24, 2.45) is 0 Å². The van der Waals surface area contributed by atoms with E-state index >= 15 is 0 Å². The lowest BCUT2D eigenvalue weighted by atomic mass is 9.96. The molecule has 19 heteroatoms. The predicted molar refractivity (Wildman–Crippen MR) is 434 cm³/mol. The monoisotopic (exact) mass is 1540 g/mol. The molecule has 3 fully saturated rings. The van der Waals surface area contributed by atoms with Crippen LogP contribution in [0.3, 0.4) is 0 Å². The SMILES string of the molecule is CCCCCCCCCCCCCCCCCCCCCCCC/C=C/CC/C=C/CC/C=C/C(O)C(COC1OC(CO)C(OC2OC(CO)C(OC3OC(CO)C(O)C(O)C3O)C(O)C2O)C(O)C1O)NC(=O)CCCCCCCCCCCCCCCCCCCCCCCCCCCCCCCCC. The zero-order chi connectivity index (χ0) is 78.1. The Morgan fingerprint density at radius 2 is 0.593 bits per heavy atom. The number of nitrogens with one attached hydrogen (secondary N) is 1. The minimum Gasteiger partial charge on any atom is -0.394 e. The lowest BCUT2D eigenvalue weighted by Gasteiger charge is -2.48. The molecule has 12 N–H and O–H groups in total. The van der Waals surface area contributed by atoms with Crippen molar-refractivity contribution in [3.8, 4) is 0 Å². The van der Waals surface area contributed by atoms with E-state index in [0.29, 0.717) is 12.8 Å². The van der Waals surface area contributed by atoms with Gasteiger partial charge in [-0.15, -0.1) is 0 Å². The Bertz CT molecular complexity index is 2090. The Hall–Kier alpha value is -1.99. The molecular weight excluding hydrogens is 1370 g/mol. The molecule has 0 aromatic carbocycles. The molecule has 3 aliphatic rings. The van der Waals surface area contributed by atoms with Gasteiger partial charge in [0.15, 0.2) is 18.9 Å². The average Bonchev–Trinajstić information content (AvgIpc) is 0.779. The first-order chi connectivity index (χ1) is 52.8. The molecule has 3 saturated heterocycles. The van der Waals surface area contributed by atoms with Crippen LogP contribution in [0.2, 0.25) is 0 Å². The lowest BCUT2D eigenvalue weighted by molar-refractivity contribution is -0.379. The van der Waals surface area contributed by atoms with Gasteiger partial charge in [-0.25, -0.2) is 0 Å². The highest BCUT2D eigenvalue weighted by atomic mass is 16.8. The maximum Gasteiger partial charge on any atom is 0.220 e. The molecule has 0 aromatic heterocycles.